The predicted octanol–water partition coefficient (Wildman–Crippen LogP) is 5.10. The molecule has 0 bridgehead atoms. The van der Waals surface area contributed by atoms with E-state index in [9.17, 15) is 18.7 Å². The molecule has 0 saturated carbocycles. The Kier molecular flexibility index (Phi) is 12.4. The van der Waals surface area contributed by atoms with E-state index in [-0.39, 0.29) is 43.7 Å². The molecule has 0 aliphatic heterocycles. The van der Waals surface area contributed by atoms with Crippen LogP contribution in [-0.4, -0.2) is 33.7 Å². The largest absolute Gasteiger partial charge is 0.387 e. The van der Waals surface area contributed by atoms with Gasteiger partial charge in [-0.3, -0.25) is 4.79 Å². The van der Waals surface area contributed by atoms with E-state index < -0.39 is 17.7 Å². The van der Waals surface area contributed by atoms with Crippen molar-refractivity contribution in [2.45, 2.75) is 25.5 Å². The highest BCUT2D eigenvalue weighted by atomic mass is 35.5. The normalized spacial score (nSPS) is 11.2. The minimum atomic E-state index is -0.907. The number of carbonyl (C=O) groups is 1. The molecule has 1 amide bonds. The van der Waals surface area contributed by atoms with Crippen LogP contribution in [0.4, 0.5) is 14.5 Å². The summed E-state index contributed by atoms with van der Waals surface area (Å²) >= 11 is 0. The first-order chi connectivity index (χ1) is 17.5. The fourth-order valence-corrected chi connectivity index (χ4v) is 3.85. The molecule has 1 aromatic heterocycles. The summed E-state index contributed by atoms with van der Waals surface area (Å²) in [6, 6.07) is 20.9. The summed E-state index contributed by atoms with van der Waals surface area (Å²) in [7, 11) is 0. The average molecular weight is 563 g/mol. The summed E-state index contributed by atoms with van der Waals surface area (Å²) < 4.78 is 28.4. The Bertz CT molecular complexity index is 1290. The highest BCUT2D eigenvalue weighted by molar-refractivity contribution is 5.91. The molecule has 1 atom stereocenters. The zero-order chi connectivity index (χ0) is 25.3. The van der Waals surface area contributed by atoms with Crippen LogP contribution in [0.25, 0.3) is 0 Å². The summed E-state index contributed by atoms with van der Waals surface area (Å²) in [4.78, 5) is 16.8. The second-order valence-electron chi connectivity index (χ2n) is 8.52. The Morgan fingerprint density at radius 3 is 2.37 bits per heavy atom. The molecule has 6 nitrogen and oxygen atoms in total. The van der Waals surface area contributed by atoms with Crippen molar-refractivity contribution in [1.82, 2.24) is 14.9 Å². The molecule has 38 heavy (non-hydrogen) atoms. The zero-order valence-electron chi connectivity index (χ0n) is 20.5. The predicted molar refractivity (Wildman–Crippen MR) is 149 cm³/mol. The van der Waals surface area contributed by atoms with Crippen molar-refractivity contribution in [2.24, 2.45) is 0 Å². The molecule has 0 spiro atoms. The molecule has 0 saturated heterocycles. The standard InChI is InChI=1S/C28H28F2N4O2.2ClH/c29-24-11-8-21(16-25(24)30)19-34-15-14-32-27(34)17-28(36)33-23-9-6-20(7-10-23)12-13-31-18-26(35)22-4-2-1-3-5-22;;/h1-11,14-16,26,31,35H,12-13,17-19H2,(H,33,36);2*1H/t26-;;/m0../s1. The topological polar surface area (TPSA) is 79.2 Å². The van der Waals surface area contributed by atoms with Gasteiger partial charge in [-0.2, -0.15) is 0 Å². The van der Waals surface area contributed by atoms with Gasteiger partial charge >= 0.3 is 0 Å². The van der Waals surface area contributed by atoms with Gasteiger partial charge in [0.05, 0.1) is 12.5 Å². The van der Waals surface area contributed by atoms with Gasteiger partial charge in [0.15, 0.2) is 11.6 Å². The maximum absolute atomic E-state index is 13.5. The Labute approximate surface area is 232 Å². The van der Waals surface area contributed by atoms with Crippen LogP contribution >= 0.6 is 24.8 Å². The monoisotopic (exact) mass is 562 g/mol. The van der Waals surface area contributed by atoms with Crippen molar-refractivity contribution in [3.05, 3.63) is 119 Å². The van der Waals surface area contributed by atoms with Crippen LogP contribution < -0.4 is 10.6 Å². The van der Waals surface area contributed by atoms with Crippen LogP contribution in [-0.2, 0) is 24.2 Å². The molecule has 0 aliphatic rings. The van der Waals surface area contributed by atoms with E-state index in [0.717, 1.165) is 36.2 Å². The maximum Gasteiger partial charge on any atom is 0.231 e. The SMILES string of the molecule is Cl.Cl.O=C(Cc1nccn1Cc1ccc(F)c(F)c1)Nc1ccc(CCNC[C@H](O)c2ccccc2)cc1. The number of imidazole rings is 1. The van der Waals surface area contributed by atoms with Gasteiger partial charge in [-0.25, -0.2) is 13.8 Å². The number of benzene rings is 3. The van der Waals surface area contributed by atoms with Gasteiger partial charge in [-0.05, 0) is 53.9 Å². The first-order valence-corrected chi connectivity index (χ1v) is 11.7. The quantitative estimate of drug-likeness (QED) is 0.222. The van der Waals surface area contributed by atoms with E-state index in [0.29, 0.717) is 23.6 Å². The van der Waals surface area contributed by atoms with Gasteiger partial charge in [0, 0.05) is 31.2 Å². The first-order valence-electron chi connectivity index (χ1n) is 11.7. The van der Waals surface area contributed by atoms with Crippen molar-refractivity contribution < 1.29 is 18.7 Å². The van der Waals surface area contributed by atoms with Crippen molar-refractivity contribution in [1.29, 1.82) is 0 Å². The van der Waals surface area contributed by atoms with Crippen molar-refractivity contribution >= 4 is 36.4 Å². The van der Waals surface area contributed by atoms with Gasteiger partial charge in [-0.15, -0.1) is 24.8 Å². The molecule has 4 rings (SSSR count). The van der Waals surface area contributed by atoms with E-state index in [1.807, 2.05) is 54.6 Å². The van der Waals surface area contributed by atoms with Crippen molar-refractivity contribution in [3.8, 4) is 0 Å². The molecule has 0 radical (unpaired) electrons. The van der Waals surface area contributed by atoms with E-state index in [1.165, 1.54) is 6.07 Å². The van der Waals surface area contributed by atoms with E-state index in [4.69, 9.17) is 0 Å². The lowest BCUT2D eigenvalue weighted by molar-refractivity contribution is -0.115. The van der Waals surface area contributed by atoms with Gasteiger partial charge in [0.25, 0.3) is 0 Å². The number of halogens is 4. The van der Waals surface area contributed by atoms with E-state index >= 15 is 0 Å². The van der Waals surface area contributed by atoms with Crippen molar-refractivity contribution in [3.63, 3.8) is 0 Å². The first kappa shape index (κ1) is 30.9. The number of amides is 1. The molecule has 0 unspecified atom stereocenters. The van der Waals surface area contributed by atoms with Crippen molar-refractivity contribution in [2.75, 3.05) is 18.4 Å². The number of anilines is 1. The molecular formula is C28H30Cl2F2N4O2. The molecule has 0 aliphatic carbocycles. The highest BCUT2D eigenvalue weighted by Crippen LogP contribution is 2.14. The Hall–Kier alpha value is -3.30. The third-order valence-corrected chi connectivity index (χ3v) is 5.81. The van der Waals surface area contributed by atoms with Crippen LogP contribution in [0, 0.1) is 11.6 Å². The third-order valence-electron chi connectivity index (χ3n) is 5.81. The number of nitrogens with zero attached hydrogens (tertiary/aromatic N) is 2. The molecule has 3 aromatic carbocycles. The van der Waals surface area contributed by atoms with E-state index in [1.54, 1.807) is 17.0 Å². The minimum absolute atomic E-state index is 0. The maximum atomic E-state index is 13.5. The van der Waals surface area contributed by atoms with Crippen LogP contribution in [0.1, 0.15) is 28.6 Å². The summed E-state index contributed by atoms with van der Waals surface area (Å²) in [5.74, 6) is -1.50. The van der Waals surface area contributed by atoms with Crippen LogP contribution in [0.2, 0.25) is 0 Å². The smallest absolute Gasteiger partial charge is 0.231 e. The zero-order valence-corrected chi connectivity index (χ0v) is 22.2. The lowest BCUT2D eigenvalue weighted by Gasteiger charge is -2.12. The second kappa shape index (κ2) is 15.2. The number of aliphatic hydroxyl groups excluding tert-OH is 1. The number of nitrogens with one attached hydrogen (secondary N) is 2. The number of aromatic nitrogens is 2. The Morgan fingerprint density at radius 2 is 1.66 bits per heavy atom. The lowest BCUT2D eigenvalue weighted by Crippen LogP contribution is -2.23. The average Bonchev–Trinajstić information content (AvgIpc) is 3.31. The molecule has 3 N–H and O–H groups in total. The van der Waals surface area contributed by atoms with Gasteiger partial charge < -0.3 is 20.3 Å². The van der Waals surface area contributed by atoms with Crippen LogP contribution in [0.3, 0.4) is 0 Å². The van der Waals surface area contributed by atoms with E-state index in [2.05, 4.69) is 15.6 Å². The number of hydrogen-bond donors (Lipinski definition) is 3. The molecule has 4 aromatic rings. The fourth-order valence-electron chi connectivity index (χ4n) is 3.85. The molecular weight excluding hydrogens is 533 g/mol. The second-order valence-corrected chi connectivity index (χ2v) is 8.52. The number of aliphatic hydroxyl groups is 1. The summed E-state index contributed by atoms with van der Waals surface area (Å²) in [6.07, 6.45) is 3.56. The summed E-state index contributed by atoms with van der Waals surface area (Å²) in [5, 5.41) is 16.3. The van der Waals surface area contributed by atoms with Crippen LogP contribution in [0.15, 0.2) is 85.2 Å². The Morgan fingerprint density at radius 1 is 0.947 bits per heavy atom. The number of rotatable bonds is 11. The molecule has 0 fully saturated rings. The third kappa shape index (κ3) is 8.92. The Balaban J connectivity index is 0.00000253. The summed E-state index contributed by atoms with van der Waals surface area (Å²) in [6.45, 7) is 1.48. The summed E-state index contributed by atoms with van der Waals surface area (Å²) in [5.41, 5.74) is 3.25. The fraction of sp³-hybridized carbons (Fsp3) is 0.214. The van der Waals surface area contributed by atoms with Gasteiger partial charge in [0.1, 0.15) is 5.82 Å². The van der Waals surface area contributed by atoms with Crippen LogP contribution in [0.5, 0.6) is 0 Å². The highest BCUT2D eigenvalue weighted by Gasteiger charge is 2.11. The molecule has 202 valence electrons. The number of carbonyl (C=O) groups excluding carboxylic acids is 1. The van der Waals surface area contributed by atoms with Gasteiger partial charge in [-0.1, -0.05) is 48.5 Å². The minimum Gasteiger partial charge on any atom is -0.387 e. The number of hydrogen-bond acceptors (Lipinski definition) is 4. The molecule has 10 heteroatoms. The molecule has 1 heterocycles. The lowest BCUT2D eigenvalue weighted by atomic mass is 10.1. The van der Waals surface area contributed by atoms with Gasteiger partial charge in [0.2, 0.25) is 5.91 Å².